The molecule has 0 aliphatic rings. The zero-order valence-corrected chi connectivity index (χ0v) is 15.4. The van der Waals surface area contributed by atoms with Crippen molar-refractivity contribution in [3.63, 3.8) is 0 Å². The van der Waals surface area contributed by atoms with Crippen LogP contribution in [0.5, 0.6) is 5.75 Å². The van der Waals surface area contributed by atoms with Crippen LogP contribution in [0.15, 0.2) is 53.3 Å². The molecule has 0 aliphatic heterocycles. The lowest BCUT2D eigenvalue weighted by Gasteiger charge is -2.05. The lowest BCUT2D eigenvalue weighted by Crippen LogP contribution is -2.23. The smallest absolute Gasteiger partial charge is 0.291 e. The Hall–Kier alpha value is -2.70. The molecule has 2 heterocycles. The summed E-state index contributed by atoms with van der Waals surface area (Å²) < 4.78 is 7.52. The second kappa shape index (κ2) is 6.90. The van der Waals surface area contributed by atoms with Crippen LogP contribution in [-0.4, -0.2) is 21.2 Å². The highest BCUT2D eigenvalue weighted by molar-refractivity contribution is 7.15. The number of nitrogens with zero attached hydrogens (tertiary/aromatic N) is 3. The third-order valence-electron chi connectivity index (χ3n) is 3.79. The van der Waals surface area contributed by atoms with E-state index in [-0.39, 0.29) is 5.56 Å². The fraction of sp³-hybridized carbons (Fsp3) is 0.105. The highest BCUT2D eigenvalue weighted by Gasteiger charge is 2.12. The number of para-hydroxylation sites is 1. The molecule has 7 heteroatoms. The summed E-state index contributed by atoms with van der Waals surface area (Å²) in [5.74, 6) is 1.25. The Morgan fingerprint density at radius 3 is 2.69 bits per heavy atom. The van der Waals surface area contributed by atoms with Crippen molar-refractivity contribution in [1.82, 2.24) is 14.6 Å². The SMILES string of the molecule is CCOc1ccccc1C=c1sc2nc(-c3ccc(Cl)cc3)nn2c1=O. The summed E-state index contributed by atoms with van der Waals surface area (Å²) >= 11 is 7.21. The topological polar surface area (TPSA) is 56.5 Å². The van der Waals surface area contributed by atoms with Crippen LogP contribution >= 0.6 is 22.9 Å². The molecule has 2 aromatic heterocycles. The lowest BCUT2D eigenvalue weighted by molar-refractivity contribution is 0.339. The normalized spacial score (nSPS) is 12.0. The molecular formula is C19H14ClN3O2S. The summed E-state index contributed by atoms with van der Waals surface area (Å²) in [5, 5.41) is 4.99. The molecule has 0 bridgehead atoms. The van der Waals surface area contributed by atoms with Crippen LogP contribution in [-0.2, 0) is 0 Å². The number of benzene rings is 2. The van der Waals surface area contributed by atoms with Crippen molar-refractivity contribution in [2.24, 2.45) is 0 Å². The van der Waals surface area contributed by atoms with E-state index in [1.807, 2.05) is 49.4 Å². The van der Waals surface area contributed by atoms with Gasteiger partial charge in [-0.1, -0.05) is 41.1 Å². The molecule has 0 aliphatic carbocycles. The Bertz CT molecular complexity index is 1180. The zero-order chi connectivity index (χ0) is 18.1. The van der Waals surface area contributed by atoms with Crippen LogP contribution in [0.2, 0.25) is 5.02 Å². The summed E-state index contributed by atoms with van der Waals surface area (Å²) in [5.41, 5.74) is 1.48. The minimum absolute atomic E-state index is 0.191. The zero-order valence-electron chi connectivity index (χ0n) is 13.8. The van der Waals surface area contributed by atoms with Gasteiger partial charge < -0.3 is 4.74 Å². The number of hydrogen-bond acceptors (Lipinski definition) is 5. The standard InChI is InChI=1S/C19H14ClN3O2S/c1-2-25-15-6-4-3-5-13(15)11-16-18(24)23-19(26-16)21-17(22-23)12-7-9-14(20)10-8-12/h3-11H,2H2,1H3. The van der Waals surface area contributed by atoms with E-state index in [4.69, 9.17) is 16.3 Å². The quantitative estimate of drug-likeness (QED) is 0.542. The van der Waals surface area contributed by atoms with Crippen molar-refractivity contribution in [3.05, 3.63) is 74.0 Å². The van der Waals surface area contributed by atoms with E-state index in [9.17, 15) is 4.79 Å². The molecule has 4 aromatic rings. The second-order valence-corrected chi connectivity index (χ2v) is 6.97. The van der Waals surface area contributed by atoms with Crippen molar-refractivity contribution < 1.29 is 4.74 Å². The molecule has 0 atom stereocenters. The molecule has 0 amide bonds. The Labute approximate surface area is 158 Å². The highest BCUT2D eigenvalue weighted by Crippen LogP contribution is 2.20. The lowest BCUT2D eigenvalue weighted by atomic mass is 10.2. The maximum atomic E-state index is 12.7. The maximum absolute atomic E-state index is 12.7. The van der Waals surface area contributed by atoms with Gasteiger partial charge in [0, 0.05) is 16.1 Å². The summed E-state index contributed by atoms with van der Waals surface area (Å²) in [6.45, 7) is 2.49. The number of rotatable bonds is 4. The minimum atomic E-state index is -0.191. The number of halogens is 1. The summed E-state index contributed by atoms with van der Waals surface area (Å²) in [6.07, 6.45) is 1.82. The number of fused-ring (bicyclic) bond motifs is 1. The maximum Gasteiger partial charge on any atom is 0.291 e. The first kappa shape index (κ1) is 16.8. The molecule has 0 saturated carbocycles. The van der Waals surface area contributed by atoms with Crippen LogP contribution in [0.4, 0.5) is 0 Å². The van der Waals surface area contributed by atoms with Gasteiger partial charge in [-0.25, -0.2) is 0 Å². The first-order valence-corrected chi connectivity index (χ1v) is 9.24. The van der Waals surface area contributed by atoms with Crippen LogP contribution in [0.25, 0.3) is 22.4 Å². The first-order chi connectivity index (χ1) is 12.7. The molecule has 130 valence electrons. The largest absolute Gasteiger partial charge is 0.493 e. The molecule has 0 N–H and O–H groups in total. The van der Waals surface area contributed by atoms with Crippen LogP contribution in [0, 0.1) is 0 Å². The van der Waals surface area contributed by atoms with E-state index >= 15 is 0 Å². The molecular weight excluding hydrogens is 370 g/mol. The van der Waals surface area contributed by atoms with Gasteiger partial charge in [-0.15, -0.1) is 5.10 Å². The molecule has 0 spiro atoms. The predicted molar refractivity (Wildman–Crippen MR) is 104 cm³/mol. The van der Waals surface area contributed by atoms with Gasteiger partial charge in [0.15, 0.2) is 5.82 Å². The third-order valence-corrected chi connectivity index (χ3v) is 5.00. The van der Waals surface area contributed by atoms with E-state index in [2.05, 4.69) is 10.1 Å². The summed E-state index contributed by atoms with van der Waals surface area (Å²) in [6, 6.07) is 14.8. The number of hydrogen-bond donors (Lipinski definition) is 0. The van der Waals surface area contributed by atoms with E-state index in [0.717, 1.165) is 16.9 Å². The molecule has 0 radical (unpaired) electrons. The third kappa shape index (κ3) is 3.09. The van der Waals surface area contributed by atoms with Crippen molar-refractivity contribution in [1.29, 1.82) is 0 Å². The first-order valence-electron chi connectivity index (χ1n) is 8.05. The van der Waals surface area contributed by atoms with Gasteiger partial charge in [-0.3, -0.25) is 4.79 Å². The van der Waals surface area contributed by atoms with Gasteiger partial charge in [0.25, 0.3) is 5.56 Å². The predicted octanol–water partition coefficient (Wildman–Crippen LogP) is 3.42. The number of thiazole rings is 1. The minimum Gasteiger partial charge on any atom is -0.493 e. The molecule has 5 nitrogen and oxygen atoms in total. The molecule has 26 heavy (non-hydrogen) atoms. The van der Waals surface area contributed by atoms with Gasteiger partial charge in [0.2, 0.25) is 4.96 Å². The molecule has 2 aromatic carbocycles. The summed E-state index contributed by atoms with van der Waals surface area (Å²) in [4.78, 5) is 17.7. The Balaban J connectivity index is 1.79. The van der Waals surface area contributed by atoms with Crippen molar-refractivity contribution in [3.8, 4) is 17.1 Å². The van der Waals surface area contributed by atoms with Gasteiger partial charge in [0.1, 0.15) is 5.75 Å². The molecule has 0 fully saturated rings. The van der Waals surface area contributed by atoms with Crippen LogP contribution in [0.1, 0.15) is 12.5 Å². The highest BCUT2D eigenvalue weighted by atomic mass is 35.5. The average molecular weight is 384 g/mol. The molecule has 0 unspecified atom stereocenters. The number of aromatic nitrogens is 3. The Kier molecular flexibility index (Phi) is 4.44. The molecule has 4 rings (SSSR count). The Morgan fingerprint density at radius 2 is 1.96 bits per heavy atom. The molecule has 0 saturated heterocycles. The fourth-order valence-corrected chi connectivity index (χ4v) is 3.61. The summed E-state index contributed by atoms with van der Waals surface area (Å²) in [7, 11) is 0. The van der Waals surface area contributed by atoms with Crippen molar-refractivity contribution in [2.45, 2.75) is 6.92 Å². The van der Waals surface area contributed by atoms with Crippen molar-refractivity contribution in [2.75, 3.05) is 6.61 Å². The van der Waals surface area contributed by atoms with Gasteiger partial charge in [-0.2, -0.15) is 9.50 Å². The monoisotopic (exact) mass is 383 g/mol. The van der Waals surface area contributed by atoms with E-state index in [1.54, 1.807) is 12.1 Å². The van der Waals surface area contributed by atoms with Gasteiger partial charge >= 0.3 is 0 Å². The van der Waals surface area contributed by atoms with Gasteiger partial charge in [-0.05, 0) is 43.3 Å². The van der Waals surface area contributed by atoms with Crippen LogP contribution < -0.4 is 14.8 Å². The number of ether oxygens (including phenoxy) is 1. The van der Waals surface area contributed by atoms with E-state index in [1.165, 1.54) is 15.9 Å². The average Bonchev–Trinajstić information content (AvgIpc) is 3.18. The second-order valence-electron chi connectivity index (χ2n) is 5.52. The van der Waals surface area contributed by atoms with Crippen molar-refractivity contribution >= 4 is 34.0 Å². The van der Waals surface area contributed by atoms with E-state index in [0.29, 0.717) is 26.9 Å². The fourth-order valence-electron chi connectivity index (χ4n) is 2.58. The van der Waals surface area contributed by atoms with E-state index < -0.39 is 0 Å². The Morgan fingerprint density at radius 1 is 1.19 bits per heavy atom. The van der Waals surface area contributed by atoms with Gasteiger partial charge in [0.05, 0.1) is 11.1 Å². The van der Waals surface area contributed by atoms with Crippen LogP contribution in [0.3, 0.4) is 0 Å².